The lowest BCUT2D eigenvalue weighted by Gasteiger charge is -2.27. The first-order valence-electron chi connectivity index (χ1n) is 7.64. The van der Waals surface area contributed by atoms with Gasteiger partial charge in [0.05, 0.1) is 16.3 Å². The Balaban J connectivity index is 2.36. The van der Waals surface area contributed by atoms with Gasteiger partial charge in [-0.1, -0.05) is 23.2 Å². The number of anilines is 3. The number of nitriles is 2. The third kappa shape index (κ3) is 3.42. The molecule has 2 heterocycles. The van der Waals surface area contributed by atoms with E-state index < -0.39 is 22.8 Å². The molecule has 0 radical (unpaired) electrons. The molecule has 148 valence electrons. The molecule has 1 atom stereocenters. The summed E-state index contributed by atoms with van der Waals surface area (Å²) in [4.78, 5) is 8.17. The van der Waals surface area contributed by atoms with Crippen LogP contribution in [0.3, 0.4) is 0 Å². The molecule has 8 nitrogen and oxygen atoms in total. The van der Waals surface area contributed by atoms with Gasteiger partial charge in [-0.2, -0.15) is 23.7 Å². The monoisotopic (exact) mass is 440 g/mol. The normalized spacial score (nSPS) is 15.4. The quantitative estimate of drug-likeness (QED) is 0.392. The van der Waals surface area contributed by atoms with Crippen molar-refractivity contribution in [2.45, 2.75) is 12.2 Å². The minimum Gasteiger partial charge on any atom is -0.397 e. The summed E-state index contributed by atoms with van der Waals surface area (Å²) >= 11 is 12.2. The fraction of sp³-hybridized carbons (Fsp3) is 0.125. The first-order valence-corrected chi connectivity index (χ1v) is 8.39. The first-order chi connectivity index (χ1) is 13.6. The van der Waals surface area contributed by atoms with Gasteiger partial charge in [0, 0.05) is 16.1 Å². The molecular formula is C16H9Cl2F3N8. The van der Waals surface area contributed by atoms with Gasteiger partial charge in [0.2, 0.25) is 5.96 Å². The van der Waals surface area contributed by atoms with Gasteiger partial charge in [-0.15, -0.1) is 0 Å². The molecule has 1 aromatic heterocycles. The predicted molar refractivity (Wildman–Crippen MR) is 101 cm³/mol. The Labute approximate surface area is 171 Å². The van der Waals surface area contributed by atoms with Crippen LogP contribution in [0.1, 0.15) is 28.3 Å². The largest absolute Gasteiger partial charge is 0.417 e. The van der Waals surface area contributed by atoms with Crippen LogP contribution in [0.2, 0.25) is 10.0 Å². The van der Waals surface area contributed by atoms with Crippen LogP contribution in [0.25, 0.3) is 0 Å². The van der Waals surface area contributed by atoms with E-state index in [1.165, 1.54) is 0 Å². The molecule has 0 bridgehead atoms. The third-order valence-electron chi connectivity index (χ3n) is 4.06. The standard InChI is InChI=1S/C16H9Cl2F3N8/c17-7-2-1-6(16(19,20)21)10(18)8(7)12-9-11(24)5(3-22)13(25)28-14(9)29-15(27-12)26-4-23/h1-2,12H,(H6,24,25,26,27,28,29). The van der Waals surface area contributed by atoms with Crippen molar-refractivity contribution in [3.05, 3.63) is 44.4 Å². The molecule has 1 aliphatic rings. The number of aliphatic imine (C=N–C) groups is 1. The van der Waals surface area contributed by atoms with Crippen molar-refractivity contribution in [3.63, 3.8) is 0 Å². The molecule has 0 spiro atoms. The molecular weight excluding hydrogens is 432 g/mol. The van der Waals surface area contributed by atoms with Crippen molar-refractivity contribution >= 4 is 46.5 Å². The second kappa shape index (κ2) is 7.20. The Morgan fingerprint density at radius 2 is 1.86 bits per heavy atom. The highest BCUT2D eigenvalue weighted by atomic mass is 35.5. The Morgan fingerprint density at radius 1 is 1.17 bits per heavy atom. The molecule has 2 aromatic rings. The van der Waals surface area contributed by atoms with Crippen molar-refractivity contribution in [1.82, 2.24) is 10.3 Å². The van der Waals surface area contributed by atoms with E-state index in [1.54, 1.807) is 12.3 Å². The van der Waals surface area contributed by atoms with Crippen molar-refractivity contribution in [3.8, 4) is 12.3 Å². The number of fused-ring (bicyclic) bond motifs is 1. The van der Waals surface area contributed by atoms with E-state index in [0.29, 0.717) is 0 Å². The maximum Gasteiger partial charge on any atom is 0.417 e. The lowest BCUT2D eigenvalue weighted by Crippen LogP contribution is -2.33. The lowest BCUT2D eigenvalue weighted by atomic mass is 9.93. The summed E-state index contributed by atoms with van der Waals surface area (Å²) in [5.41, 5.74) is 10.1. The first kappa shape index (κ1) is 20.3. The molecule has 0 amide bonds. The molecule has 1 aromatic carbocycles. The van der Waals surface area contributed by atoms with Crippen LogP contribution in [-0.2, 0) is 6.18 Å². The summed E-state index contributed by atoms with van der Waals surface area (Å²) in [6.07, 6.45) is -3.13. The number of nitrogens with one attached hydrogen (secondary N) is 2. The predicted octanol–water partition coefficient (Wildman–Crippen LogP) is 3.38. The van der Waals surface area contributed by atoms with Gasteiger partial charge in [-0.3, -0.25) is 5.32 Å². The zero-order valence-electron chi connectivity index (χ0n) is 14.1. The van der Waals surface area contributed by atoms with Crippen molar-refractivity contribution in [1.29, 1.82) is 10.5 Å². The third-order valence-corrected chi connectivity index (χ3v) is 4.80. The summed E-state index contributed by atoms with van der Waals surface area (Å²) in [5, 5.41) is 22.2. The molecule has 0 saturated heterocycles. The van der Waals surface area contributed by atoms with Crippen LogP contribution < -0.4 is 22.1 Å². The number of halogens is 5. The summed E-state index contributed by atoms with van der Waals surface area (Å²) in [5.74, 6) is -0.374. The number of hydrogen-bond acceptors (Lipinski definition) is 8. The SMILES string of the molecule is N#CNC1=NC(c2c(Cl)ccc(C(F)(F)F)c2Cl)c2c(nc(N)c(C#N)c2N)N1. The number of rotatable bonds is 1. The number of pyridine rings is 1. The Hall–Kier alpha value is -3.41. The molecule has 1 aliphatic heterocycles. The molecule has 6 N–H and O–H groups in total. The van der Waals surface area contributed by atoms with Crippen LogP contribution in [0.4, 0.5) is 30.5 Å². The van der Waals surface area contributed by atoms with E-state index >= 15 is 0 Å². The number of alkyl halides is 3. The number of hydrogen-bond donors (Lipinski definition) is 4. The van der Waals surface area contributed by atoms with Crippen molar-refractivity contribution in [2.24, 2.45) is 4.99 Å². The highest BCUT2D eigenvalue weighted by molar-refractivity contribution is 6.36. The van der Waals surface area contributed by atoms with Crippen LogP contribution in [-0.4, -0.2) is 10.9 Å². The maximum absolute atomic E-state index is 13.3. The zero-order chi connectivity index (χ0) is 21.5. The minimum absolute atomic E-state index is 0.0127. The molecule has 13 heteroatoms. The summed E-state index contributed by atoms with van der Waals surface area (Å²) in [7, 11) is 0. The Kier molecular flexibility index (Phi) is 5.05. The van der Waals surface area contributed by atoms with Gasteiger partial charge in [-0.05, 0) is 12.1 Å². The van der Waals surface area contributed by atoms with Gasteiger partial charge in [0.1, 0.15) is 29.3 Å². The second-order valence-electron chi connectivity index (χ2n) is 5.72. The van der Waals surface area contributed by atoms with Crippen molar-refractivity contribution < 1.29 is 13.2 Å². The number of guanidine groups is 1. The minimum atomic E-state index is -4.76. The fourth-order valence-electron chi connectivity index (χ4n) is 2.83. The summed E-state index contributed by atoms with van der Waals surface area (Å²) < 4.78 is 40.0. The van der Waals surface area contributed by atoms with E-state index in [-0.39, 0.29) is 45.0 Å². The Morgan fingerprint density at radius 3 is 2.45 bits per heavy atom. The summed E-state index contributed by atoms with van der Waals surface area (Å²) in [6.45, 7) is 0. The van der Waals surface area contributed by atoms with Gasteiger partial charge in [-0.25, -0.2) is 9.98 Å². The highest BCUT2D eigenvalue weighted by Crippen LogP contribution is 2.47. The van der Waals surface area contributed by atoms with Gasteiger partial charge in [0.25, 0.3) is 0 Å². The van der Waals surface area contributed by atoms with Crippen molar-refractivity contribution in [2.75, 3.05) is 16.8 Å². The van der Waals surface area contributed by atoms with Crippen LogP contribution in [0.15, 0.2) is 17.1 Å². The van der Waals surface area contributed by atoms with E-state index in [4.69, 9.17) is 39.9 Å². The van der Waals surface area contributed by atoms with E-state index in [9.17, 15) is 18.4 Å². The number of benzene rings is 1. The van der Waals surface area contributed by atoms with Gasteiger partial charge < -0.3 is 16.8 Å². The molecule has 3 rings (SSSR count). The molecule has 1 unspecified atom stereocenters. The molecule has 0 fully saturated rings. The van der Waals surface area contributed by atoms with Gasteiger partial charge >= 0.3 is 6.18 Å². The molecule has 0 aliphatic carbocycles. The number of nitrogens with zero attached hydrogens (tertiary/aromatic N) is 4. The van der Waals surface area contributed by atoms with Crippen LogP contribution >= 0.6 is 23.2 Å². The lowest BCUT2D eigenvalue weighted by molar-refractivity contribution is -0.137. The average molecular weight is 441 g/mol. The fourth-order valence-corrected chi connectivity index (χ4v) is 3.51. The topological polar surface area (TPSA) is 149 Å². The number of nitrogens with two attached hydrogens (primary N) is 2. The molecule has 29 heavy (non-hydrogen) atoms. The second-order valence-corrected chi connectivity index (χ2v) is 6.51. The number of nitrogen functional groups attached to an aromatic ring is 2. The van der Waals surface area contributed by atoms with E-state index in [0.717, 1.165) is 12.1 Å². The summed E-state index contributed by atoms with van der Waals surface area (Å²) in [6, 6.07) is 2.24. The Bertz CT molecular complexity index is 1130. The smallest absolute Gasteiger partial charge is 0.397 e. The van der Waals surface area contributed by atoms with E-state index in [1.807, 2.05) is 0 Å². The highest BCUT2D eigenvalue weighted by Gasteiger charge is 2.38. The van der Waals surface area contributed by atoms with Gasteiger partial charge in [0.15, 0.2) is 6.19 Å². The zero-order valence-corrected chi connectivity index (χ0v) is 15.6. The van der Waals surface area contributed by atoms with E-state index in [2.05, 4.69) is 20.6 Å². The number of aromatic nitrogens is 1. The maximum atomic E-state index is 13.3. The molecule has 0 saturated carbocycles. The van der Waals surface area contributed by atoms with Crippen LogP contribution in [0.5, 0.6) is 0 Å². The average Bonchev–Trinajstić information content (AvgIpc) is 2.60. The van der Waals surface area contributed by atoms with Crippen LogP contribution in [0, 0.1) is 22.8 Å².